The molecule has 1 N–H and O–H groups in total. The zero-order valence-electron chi connectivity index (χ0n) is 12.3. The smallest absolute Gasteiger partial charge is 0.0954 e. The number of rotatable bonds is 5. The van der Waals surface area contributed by atoms with E-state index in [-0.39, 0.29) is 0 Å². The minimum Gasteiger partial charge on any atom is -0.330 e. The summed E-state index contributed by atoms with van der Waals surface area (Å²) >= 11 is 0. The average molecular weight is 257 g/mol. The predicted octanol–water partition coefficient (Wildman–Crippen LogP) is 3.05. The van der Waals surface area contributed by atoms with E-state index in [0.717, 1.165) is 18.8 Å². The van der Waals surface area contributed by atoms with Crippen LogP contribution in [0.2, 0.25) is 0 Å². The van der Waals surface area contributed by atoms with Gasteiger partial charge in [0.2, 0.25) is 0 Å². The first-order valence-electron chi connectivity index (χ1n) is 6.86. The summed E-state index contributed by atoms with van der Waals surface area (Å²) in [7, 11) is 0. The Bertz CT molecular complexity index is 541. The van der Waals surface area contributed by atoms with Crippen molar-refractivity contribution in [2.75, 3.05) is 0 Å². The quantitative estimate of drug-likeness (QED) is 0.892. The highest BCUT2D eigenvalue weighted by Crippen LogP contribution is 2.11. The first-order chi connectivity index (χ1) is 9.06. The highest BCUT2D eigenvalue weighted by Gasteiger charge is 2.03. The molecule has 0 saturated carbocycles. The molecule has 3 nitrogen and oxygen atoms in total. The number of aromatic nitrogens is 2. The minimum atomic E-state index is 0.516. The number of benzene rings is 1. The zero-order chi connectivity index (χ0) is 13.8. The molecule has 0 aliphatic carbocycles. The molecule has 0 aliphatic rings. The number of aryl methyl sites for hydroxylation is 1. The molecule has 1 aromatic heterocycles. The van der Waals surface area contributed by atoms with Gasteiger partial charge in [-0.2, -0.15) is 0 Å². The minimum absolute atomic E-state index is 0.516. The number of hydrogen-bond acceptors (Lipinski definition) is 2. The Morgan fingerprint density at radius 2 is 1.95 bits per heavy atom. The van der Waals surface area contributed by atoms with Gasteiger partial charge in [0.1, 0.15) is 0 Å². The molecular formula is C16H23N3. The molecule has 3 heteroatoms. The fraction of sp³-hybridized carbons (Fsp3) is 0.438. The first kappa shape index (κ1) is 13.8. The molecule has 0 aliphatic heterocycles. The van der Waals surface area contributed by atoms with Gasteiger partial charge in [-0.05, 0) is 25.0 Å². The molecule has 0 radical (unpaired) electrons. The van der Waals surface area contributed by atoms with Crippen molar-refractivity contribution in [1.29, 1.82) is 0 Å². The third kappa shape index (κ3) is 3.67. The standard InChI is InChI=1S/C16H23N3/c1-12(2)17-9-15-6-5-7-16(8-15)10-19-11-18-13(3)14(19)4/h5-8,11-12,17H,9-10H2,1-4H3. The van der Waals surface area contributed by atoms with Crippen LogP contribution in [0.4, 0.5) is 0 Å². The van der Waals surface area contributed by atoms with Crippen molar-refractivity contribution in [2.45, 2.75) is 46.8 Å². The maximum atomic E-state index is 4.34. The number of hydrogen-bond donors (Lipinski definition) is 1. The van der Waals surface area contributed by atoms with E-state index in [1.807, 2.05) is 6.33 Å². The van der Waals surface area contributed by atoms with Crippen LogP contribution in [-0.2, 0) is 13.1 Å². The Balaban J connectivity index is 2.08. The molecular weight excluding hydrogens is 234 g/mol. The van der Waals surface area contributed by atoms with Crippen LogP contribution in [0.15, 0.2) is 30.6 Å². The van der Waals surface area contributed by atoms with E-state index < -0.39 is 0 Å². The van der Waals surface area contributed by atoms with Crippen molar-refractivity contribution in [3.63, 3.8) is 0 Å². The SMILES string of the molecule is Cc1ncn(Cc2cccc(CNC(C)C)c2)c1C. The van der Waals surface area contributed by atoms with Gasteiger partial charge in [-0.25, -0.2) is 4.98 Å². The number of nitrogens with zero attached hydrogens (tertiary/aromatic N) is 2. The molecule has 2 rings (SSSR count). The number of imidazole rings is 1. The second-order valence-electron chi connectivity index (χ2n) is 5.40. The Morgan fingerprint density at radius 3 is 2.58 bits per heavy atom. The summed E-state index contributed by atoms with van der Waals surface area (Å²) in [6.07, 6.45) is 1.92. The van der Waals surface area contributed by atoms with Gasteiger partial charge in [0.05, 0.1) is 12.0 Å². The average Bonchev–Trinajstić information content (AvgIpc) is 2.69. The van der Waals surface area contributed by atoms with Gasteiger partial charge in [-0.1, -0.05) is 38.1 Å². The lowest BCUT2D eigenvalue weighted by molar-refractivity contribution is 0.588. The van der Waals surface area contributed by atoms with Crippen LogP contribution < -0.4 is 5.32 Å². The molecule has 1 aromatic carbocycles. The van der Waals surface area contributed by atoms with Gasteiger partial charge in [0.25, 0.3) is 0 Å². The van der Waals surface area contributed by atoms with Crippen molar-refractivity contribution < 1.29 is 0 Å². The van der Waals surface area contributed by atoms with Crippen molar-refractivity contribution in [1.82, 2.24) is 14.9 Å². The third-order valence-electron chi connectivity index (χ3n) is 3.40. The van der Waals surface area contributed by atoms with E-state index in [1.54, 1.807) is 0 Å². The molecule has 0 atom stereocenters. The van der Waals surface area contributed by atoms with Crippen LogP contribution in [0.25, 0.3) is 0 Å². The lowest BCUT2D eigenvalue weighted by atomic mass is 10.1. The summed E-state index contributed by atoms with van der Waals surface area (Å²) in [5.41, 5.74) is 5.01. The monoisotopic (exact) mass is 257 g/mol. The molecule has 0 unspecified atom stereocenters. The Morgan fingerprint density at radius 1 is 1.21 bits per heavy atom. The van der Waals surface area contributed by atoms with E-state index in [1.165, 1.54) is 16.8 Å². The third-order valence-corrected chi connectivity index (χ3v) is 3.40. The molecule has 0 saturated heterocycles. The summed E-state index contributed by atoms with van der Waals surface area (Å²) in [5.74, 6) is 0. The van der Waals surface area contributed by atoms with Crippen LogP contribution >= 0.6 is 0 Å². The topological polar surface area (TPSA) is 29.9 Å². The van der Waals surface area contributed by atoms with Crippen molar-refractivity contribution in [2.24, 2.45) is 0 Å². The summed E-state index contributed by atoms with van der Waals surface area (Å²) in [4.78, 5) is 4.34. The summed E-state index contributed by atoms with van der Waals surface area (Å²) in [6.45, 7) is 10.3. The van der Waals surface area contributed by atoms with Gasteiger partial charge >= 0.3 is 0 Å². The molecule has 2 aromatic rings. The van der Waals surface area contributed by atoms with Gasteiger partial charge in [-0.15, -0.1) is 0 Å². The normalized spacial score (nSPS) is 11.2. The maximum Gasteiger partial charge on any atom is 0.0954 e. The highest BCUT2D eigenvalue weighted by atomic mass is 15.0. The summed E-state index contributed by atoms with van der Waals surface area (Å²) < 4.78 is 2.20. The fourth-order valence-corrected chi connectivity index (χ4v) is 2.06. The van der Waals surface area contributed by atoms with E-state index >= 15 is 0 Å². The largest absolute Gasteiger partial charge is 0.330 e. The number of nitrogens with one attached hydrogen (secondary N) is 1. The van der Waals surface area contributed by atoms with Crippen molar-refractivity contribution in [3.05, 3.63) is 53.1 Å². The Hall–Kier alpha value is -1.61. The van der Waals surface area contributed by atoms with E-state index in [4.69, 9.17) is 0 Å². The second-order valence-corrected chi connectivity index (χ2v) is 5.40. The maximum absolute atomic E-state index is 4.34. The molecule has 19 heavy (non-hydrogen) atoms. The van der Waals surface area contributed by atoms with E-state index in [9.17, 15) is 0 Å². The fourth-order valence-electron chi connectivity index (χ4n) is 2.06. The lowest BCUT2D eigenvalue weighted by Crippen LogP contribution is -2.21. The Kier molecular flexibility index (Phi) is 4.38. The van der Waals surface area contributed by atoms with E-state index in [0.29, 0.717) is 6.04 Å². The molecule has 0 spiro atoms. The molecule has 1 heterocycles. The summed E-state index contributed by atoms with van der Waals surface area (Å²) in [5, 5.41) is 3.45. The molecule has 0 fully saturated rings. The van der Waals surface area contributed by atoms with Crippen molar-refractivity contribution in [3.8, 4) is 0 Å². The highest BCUT2D eigenvalue weighted by molar-refractivity contribution is 5.24. The lowest BCUT2D eigenvalue weighted by Gasteiger charge is -2.10. The van der Waals surface area contributed by atoms with E-state index in [2.05, 4.69) is 66.8 Å². The van der Waals surface area contributed by atoms with Crippen LogP contribution in [0.1, 0.15) is 36.4 Å². The van der Waals surface area contributed by atoms with Crippen molar-refractivity contribution >= 4 is 0 Å². The van der Waals surface area contributed by atoms with Gasteiger partial charge in [0.15, 0.2) is 0 Å². The predicted molar refractivity (Wildman–Crippen MR) is 79.2 cm³/mol. The molecule has 102 valence electrons. The zero-order valence-corrected chi connectivity index (χ0v) is 12.3. The van der Waals surface area contributed by atoms with Gasteiger partial charge in [-0.3, -0.25) is 0 Å². The molecule has 0 amide bonds. The van der Waals surface area contributed by atoms with Crippen LogP contribution in [0, 0.1) is 13.8 Å². The summed E-state index contributed by atoms with van der Waals surface area (Å²) in [6, 6.07) is 9.26. The molecule has 0 bridgehead atoms. The van der Waals surface area contributed by atoms with Crippen LogP contribution in [0.3, 0.4) is 0 Å². The first-order valence-corrected chi connectivity index (χ1v) is 6.86. The van der Waals surface area contributed by atoms with Crippen LogP contribution in [-0.4, -0.2) is 15.6 Å². The van der Waals surface area contributed by atoms with Crippen LogP contribution in [0.5, 0.6) is 0 Å². The Labute approximate surface area is 115 Å². The van der Waals surface area contributed by atoms with Gasteiger partial charge in [0, 0.05) is 24.8 Å². The second kappa shape index (κ2) is 6.02. The van der Waals surface area contributed by atoms with Gasteiger partial charge < -0.3 is 9.88 Å².